The van der Waals surface area contributed by atoms with Crippen LogP contribution in [0.15, 0.2) is 47.6 Å². The van der Waals surface area contributed by atoms with E-state index in [-0.39, 0.29) is 23.1 Å². The van der Waals surface area contributed by atoms with Gasteiger partial charge in [-0.05, 0) is 57.0 Å². The number of anilines is 1. The molecular formula is C24H25F4N3O. The van der Waals surface area contributed by atoms with Crippen LogP contribution in [-0.4, -0.2) is 24.2 Å². The fourth-order valence-corrected chi connectivity index (χ4v) is 4.05. The van der Waals surface area contributed by atoms with Crippen molar-refractivity contribution in [1.82, 2.24) is 5.43 Å². The molecule has 170 valence electrons. The largest absolute Gasteiger partial charge is 0.416 e. The predicted molar refractivity (Wildman–Crippen MR) is 118 cm³/mol. The van der Waals surface area contributed by atoms with Crippen LogP contribution >= 0.6 is 0 Å². The Labute approximate surface area is 184 Å². The molecule has 1 aliphatic rings. The third-order valence-electron chi connectivity index (χ3n) is 5.42. The van der Waals surface area contributed by atoms with E-state index in [1.165, 1.54) is 24.4 Å². The Morgan fingerprint density at radius 3 is 2.59 bits per heavy atom. The van der Waals surface area contributed by atoms with Crippen molar-refractivity contribution in [1.29, 1.82) is 0 Å². The van der Waals surface area contributed by atoms with E-state index in [2.05, 4.69) is 35.4 Å². The molecule has 0 radical (unpaired) electrons. The molecule has 3 rings (SSSR count). The Hall–Kier alpha value is -3.16. The van der Waals surface area contributed by atoms with Crippen LogP contribution in [0, 0.1) is 5.82 Å². The number of benzene rings is 2. The Kier molecular flexibility index (Phi) is 6.44. The minimum Gasteiger partial charge on any atom is -0.363 e. The number of hydrogen-bond donors (Lipinski definition) is 1. The lowest BCUT2D eigenvalue weighted by atomic mass is 9.88. The maximum Gasteiger partial charge on any atom is 0.416 e. The van der Waals surface area contributed by atoms with Gasteiger partial charge in [-0.25, -0.2) is 9.82 Å². The van der Waals surface area contributed by atoms with Gasteiger partial charge >= 0.3 is 6.18 Å². The van der Waals surface area contributed by atoms with E-state index in [0.29, 0.717) is 6.54 Å². The molecule has 0 fully saturated rings. The van der Waals surface area contributed by atoms with Crippen LogP contribution in [0.3, 0.4) is 0 Å². The monoisotopic (exact) mass is 447 g/mol. The first-order valence-corrected chi connectivity index (χ1v) is 10.2. The van der Waals surface area contributed by atoms with Gasteiger partial charge in [0, 0.05) is 23.4 Å². The van der Waals surface area contributed by atoms with Gasteiger partial charge in [-0.2, -0.15) is 18.3 Å². The van der Waals surface area contributed by atoms with E-state index in [9.17, 15) is 22.4 Å². The summed E-state index contributed by atoms with van der Waals surface area (Å²) in [7, 11) is 0. The first-order valence-electron chi connectivity index (χ1n) is 10.2. The average Bonchev–Trinajstić information content (AvgIpc) is 2.68. The second-order valence-electron chi connectivity index (χ2n) is 8.28. The molecule has 2 aromatic carbocycles. The molecule has 1 heterocycles. The van der Waals surface area contributed by atoms with Gasteiger partial charge in [0.25, 0.3) is 0 Å². The Morgan fingerprint density at radius 1 is 1.22 bits per heavy atom. The van der Waals surface area contributed by atoms with Gasteiger partial charge in [0.05, 0.1) is 23.7 Å². The van der Waals surface area contributed by atoms with Gasteiger partial charge in [-0.1, -0.05) is 24.3 Å². The van der Waals surface area contributed by atoms with Gasteiger partial charge < -0.3 is 4.90 Å². The first-order chi connectivity index (χ1) is 14.9. The number of likely N-dealkylation sites (N-methyl/N-ethyl adjacent to an activating group) is 1. The summed E-state index contributed by atoms with van der Waals surface area (Å²) in [5.74, 6) is -1.09. The molecule has 0 atom stereocenters. The van der Waals surface area contributed by atoms with E-state index >= 15 is 0 Å². The van der Waals surface area contributed by atoms with E-state index in [1.807, 2.05) is 13.8 Å². The zero-order valence-electron chi connectivity index (χ0n) is 18.3. The van der Waals surface area contributed by atoms with Gasteiger partial charge in [0.15, 0.2) is 0 Å². The molecule has 0 aliphatic carbocycles. The number of carbonyl (C=O) groups excluding carboxylic acids is 1. The van der Waals surface area contributed by atoms with Crippen molar-refractivity contribution in [2.24, 2.45) is 5.10 Å². The Balaban J connectivity index is 1.74. The molecular weight excluding hydrogens is 422 g/mol. The van der Waals surface area contributed by atoms with Crippen molar-refractivity contribution < 1.29 is 22.4 Å². The van der Waals surface area contributed by atoms with Crippen molar-refractivity contribution in [3.8, 4) is 0 Å². The van der Waals surface area contributed by atoms with Crippen molar-refractivity contribution in [2.45, 2.75) is 45.8 Å². The van der Waals surface area contributed by atoms with E-state index in [4.69, 9.17) is 0 Å². The molecule has 0 saturated heterocycles. The summed E-state index contributed by atoms with van der Waals surface area (Å²) in [6.45, 7) is 8.81. The minimum absolute atomic E-state index is 0.201. The highest BCUT2D eigenvalue weighted by atomic mass is 19.4. The molecule has 0 saturated carbocycles. The number of allylic oxidation sites excluding steroid dienone is 1. The van der Waals surface area contributed by atoms with Crippen molar-refractivity contribution in [3.63, 3.8) is 0 Å². The fraction of sp³-hybridized carbons (Fsp3) is 0.333. The van der Waals surface area contributed by atoms with Crippen LogP contribution in [0.5, 0.6) is 0 Å². The number of alkyl halides is 3. The lowest BCUT2D eigenvalue weighted by Gasteiger charge is -2.42. The molecule has 8 heteroatoms. The number of amides is 1. The fourth-order valence-electron chi connectivity index (χ4n) is 4.05. The molecule has 1 amide bonds. The van der Waals surface area contributed by atoms with Crippen LogP contribution in [-0.2, 0) is 17.4 Å². The van der Waals surface area contributed by atoms with Crippen LogP contribution in [0.1, 0.15) is 49.9 Å². The number of rotatable bonds is 5. The molecule has 0 spiro atoms. The molecule has 2 aromatic rings. The molecule has 0 aromatic heterocycles. The number of hydrazone groups is 1. The molecule has 1 N–H and O–H groups in total. The zero-order chi connectivity index (χ0) is 23.7. The van der Waals surface area contributed by atoms with E-state index in [1.54, 1.807) is 6.07 Å². The van der Waals surface area contributed by atoms with Gasteiger partial charge in [-0.15, -0.1) is 0 Å². The molecule has 0 unspecified atom stereocenters. The third kappa shape index (κ3) is 5.00. The second kappa shape index (κ2) is 8.76. The number of carbonyl (C=O) groups is 1. The summed E-state index contributed by atoms with van der Waals surface area (Å²) in [5, 5.41) is 3.79. The first kappa shape index (κ1) is 23.5. The molecule has 32 heavy (non-hydrogen) atoms. The Morgan fingerprint density at radius 2 is 1.94 bits per heavy atom. The quantitative estimate of drug-likeness (QED) is 0.371. The molecule has 4 nitrogen and oxygen atoms in total. The van der Waals surface area contributed by atoms with Crippen LogP contribution in [0.4, 0.5) is 23.2 Å². The topological polar surface area (TPSA) is 44.7 Å². The maximum absolute atomic E-state index is 14.7. The van der Waals surface area contributed by atoms with Gasteiger partial charge in [0.1, 0.15) is 5.82 Å². The number of nitrogens with one attached hydrogen (secondary N) is 1. The highest BCUT2D eigenvalue weighted by molar-refractivity contribution is 5.89. The second-order valence-corrected chi connectivity index (χ2v) is 8.28. The summed E-state index contributed by atoms with van der Waals surface area (Å²) in [4.78, 5) is 14.2. The van der Waals surface area contributed by atoms with Crippen molar-refractivity contribution >= 4 is 23.4 Å². The molecule has 0 bridgehead atoms. The van der Waals surface area contributed by atoms with Crippen LogP contribution in [0.2, 0.25) is 0 Å². The third-order valence-corrected chi connectivity index (χ3v) is 5.42. The van der Waals surface area contributed by atoms with Crippen LogP contribution < -0.4 is 10.3 Å². The summed E-state index contributed by atoms with van der Waals surface area (Å²) < 4.78 is 53.1. The minimum atomic E-state index is -4.48. The smallest absolute Gasteiger partial charge is 0.363 e. The standard InChI is InChI=1S/C24H25F4N3O/c1-5-31-21-12-20(25)17(11-19(21)15(2)13-23(31,3)4)14-29-30-22(32)10-16-7-6-8-18(9-16)24(26,27)28/h6-9,11-14H,5,10H2,1-4H3,(H,30,32)/b29-14+. The van der Waals surface area contributed by atoms with E-state index < -0.39 is 23.5 Å². The normalized spacial score (nSPS) is 15.5. The highest BCUT2D eigenvalue weighted by Crippen LogP contribution is 2.39. The number of nitrogens with zero attached hydrogens (tertiary/aromatic N) is 2. The summed E-state index contributed by atoms with van der Waals surface area (Å²) in [5.41, 5.74) is 4.27. The SMILES string of the molecule is CCN1c2cc(F)c(/C=N/NC(=O)Cc3cccc(C(F)(F)F)c3)cc2C(C)=CC1(C)C. The summed E-state index contributed by atoms with van der Waals surface area (Å²) in [6, 6.07) is 7.67. The lowest BCUT2D eigenvalue weighted by Crippen LogP contribution is -2.45. The van der Waals surface area contributed by atoms with Gasteiger partial charge in [-0.3, -0.25) is 4.79 Å². The Bertz CT molecular complexity index is 1090. The molecule has 1 aliphatic heterocycles. The van der Waals surface area contributed by atoms with E-state index in [0.717, 1.165) is 29.0 Å². The van der Waals surface area contributed by atoms with Crippen LogP contribution in [0.25, 0.3) is 5.57 Å². The van der Waals surface area contributed by atoms with Crippen molar-refractivity contribution in [2.75, 3.05) is 11.4 Å². The number of fused-ring (bicyclic) bond motifs is 1. The number of halogens is 4. The average molecular weight is 447 g/mol. The number of hydrogen-bond acceptors (Lipinski definition) is 3. The van der Waals surface area contributed by atoms with Crippen molar-refractivity contribution in [3.05, 3.63) is 70.5 Å². The maximum atomic E-state index is 14.7. The highest BCUT2D eigenvalue weighted by Gasteiger charge is 2.31. The zero-order valence-corrected chi connectivity index (χ0v) is 18.3. The summed E-state index contributed by atoms with van der Waals surface area (Å²) in [6.07, 6.45) is -1.45. The predicted octanol–water partition coefficient (Wildman–Crippen LogP) is 5.56. The summed E-state index contributed by atoms with van der Waals surface area (Å²) >= 11 is 0. The van der Waals surface area contributed by atoms with Gasteiger partial charge in [0.2, 0.25) is 5.91 Å². The lowest BCUT2D eigenvalue weighted by molar-refractivity contribution is -0.137.